The van der Waals surface area contributed by atoms with Crippen LogP contribution >= 0.6 is 22.6 Å². The smallest absolute Gasteiger partial charge is 0.331 e. The van der Waals surface area contributed by atoms with Crippen LogP contribution in [0.4, 0.5) is 5.69 Å². The van der Waals surface area contributed by atoms with Crippen molar-refractivity contribution in [2.24, 2.45) is 11.3 Å². The van der Waals surface area contributed by atoms with Crippen LogP contribution in [0.25, 0.3) is 11.1 Å². The van der Waals surface area contributed by atoms with Gasteiger partial charge in [-0.15, -0.1) is 0 Å². The Kier molecular flexibility index (Phi) is 7.70. The first-order chi connectivity index (χ1) is 17.6. The minimum absolute atomic E-state index is 0.0858. The van der Waals surface area contributed by atoms with Gasteiger partial charge in [0.05, 0.1) is 5.92 Å². The van der Waals surface area contributed by atoms with Crippen molar-refractivity contribution >= 4 is 40.2 Å². The Morgan fingerprint density at radius 3 is 2.14 bits per heavy atom. The van der Waals surface area contributed by atoms with Crippen molar-refractivity contribution in [2.75, 3.05) is 15.9 Å². The first kappa shape index (κ1) is 27.2. The Hall–Kier alpha value is -2.87. The molecule has 0 aliphatic heterocycles. The van der Waals surface area contributed by atoms with Crippen LogP contribution in [0, 0.1) is 11.3 Å². The fourth-order valence-electron chi connectivity index (χ4n) is 6.26. The normalized spacial score (nSPS) is 16.8. The van der Waals surface area contributed by atoms with E-state index in [1.807, 2.05) is 68.1 Å². The number of halogens is 1. The van der Waals surface area contributed by atoms with Crippen LogP contribution in [0.2, 0.25) is 0 Å². The summed E-state index contributed by atoms with van der Waals surface area (Å²) in [5.41, 5.74) is 3.75. The molecule has 6 heteroatoms. The van der Waals surface area contributed by atoms with Gasteiger partial charge in [-0.05, 0) is 52.6 Å². The summed E-state index contributed by atoms with van der Waals surface area (Å²) in [6.07, 6.45) is 0.727. The number of aliphatic carboxylic acids is 2. The van der Waals surface area contributed by atoms with Crippen molar-refractivity contribution in [1.29, 1.82) is 0 Å². The van der Waals surface area contributed by atoms with Gasteiger partial charge in [0.15, 0.2) is 5.54 Å². The molecule has 1 aliphatic carbocycles. The van der Waals surface area contributed by atoms with Crippen molar-refractivity contribution < 1.29 is 19.8 Å². The van der Waals surface area contributed by atoms with Crippen molar-refractivity contribution in [3.8, 4) is 11.1 Å². The maximum absolute atomic E-state index is 13.4. The number of benzene rings is 3. The first-order valence-electron chi connectivity index (χ1n) is 12.6. The van der Waals surface area contributed by atoms with Gasteiger partial charge in [-0.25, -0.2) is 4.79 Å². The molecule has 0 aromatic heterocycles. The summed E-state index contributed by atoms with van der Waals surface area (Å²) in [4.78, 5) is 27.8. The summed E-state index contributed by atoms with van der Waals surface area (Å²) < 4.78 is 0.826. The van der Waals surface area contributed by atoms with E-state index in [2.05, 4.69) is 52.9 Å². The number of nitrogens with zero attached hydrogens (tertiary/aromatic N) is 1. The van der Waals surface area contributed by atoms with Gasteiger partial charge in [-0.3, -0.25) is 4.79 Å². The molecule has 194 valence electrons. The second-order valence-corrected chi connectivity index (χ2v) is 11.8. The third-order valence-electron chi connectivity index (χ3n) is 7.77. The number of carboxylic acid groups (broad SMARTS) is 2. The van der Waals surface area contributed by atoms with Crippen molar-refractivity contribution in [2.45, 2.75) is 45.6 Å². The van der Waals surface area contributed by atoms with Gasteiger partial charge < -0.3 is 15.1 Å². The summed E-state index contributed by atoms with van der Waals surface area (Å²) in [6, 6.07) is 24.6. The van der Waals surface area contributed by atoms with Gasteiger partial charge >= 0.3 is 11.9 Å². The first-order valence-corrected chi connectivity index (χ1v) is 14.2. The van der Waals surface area contributed by atoms with E-state index in [-0.39, 0.29) is 5.92 Å². The lowest BCUT2D eigenvalue weighted by molar-refractivity contribution is -0.160. The molecule has 3 aromatic carbocycles. The maximum atomic E-state index is 13.4. The molecule has 0 spiro atoms. The highest BCUT2D eigenvalue weighted by Crippen LogP contribution is 2.54. The van der Waals surface area contributed by atoms with E-state index in [1.165, 1.54) is 12.5 Å². The quantitative estimate of drug-likeness (QED) is 0.156. The molecule has 0 heterocycles. The highest BCUT2D eigenvalue weighted by molar-refractivity contribution is 14.1. The van der Waals surface area contributed by atoms with E-state index in [0.717, 1.165) is 38.8 Å². The van der Waals surface area contributed by atoms with E-state index >= 15 is 0 Å². The Morgan fingerprint density at radius 1 is 0.919 bits per heavy atom. The largest absolute Gasteiger partial charge is 0.481 e. The monoisotopic (exact) mass is 611 g/mol. The molecule has 5 nitrogen and oxygen atoms in total. The number of anilines is 1. The van der Waals surface area contributed by atoms with Crippen LogP contribution in [0.5, 0.6) is 0 Å². The lowest BCUT2D eigenvalue weighted by Crippen LogP contribution is -2.68. The molecule has 0 saturated carbocycles. The molecular formula is C31H34INO4. The zero-order valence-electron chi connectivity index (χ0n) is 21.7. The maximum Gasteiger partial charge on any atom is 0.331 e. The average Bonchev–Trinajstić information content (AvgIpc) is 3.20. The zero-order valence-corrected chi connectivity index (χ0v) is 23.9. The van der Waals surface area contributed by atoms with Crippen molar-refractivity contribution in [3.05, 3.63) is 89.5 Å². The summed E-state index contributed by atoms with van der Waals surface area (Å²) >= 11 is 2.30. The predicted molar refractivity (Wildman–Crippen MR) is 157 cm³/mol. The summed E-state index contributed by atoms with van der Waals surface area (Å²) in [6.45, 7) is 7.47. The van der Waals surface area contributed by atoms with Gasteiger partial charge in [0.1, 0.15) is 0 Å². The summed E-state index contributed by atoms with van der Waals surface area (Å²) in [7, 11) is 0. The number of fused-ring (bicyclic) bond motifs is 3. The van der Waals surface area contributed by atoms with Crippen LogP contribution in [0.1, 0.15) is 56.7 Å². The van der Waals surface area contributed by atoms with E-state index in [1.54, 1.807) is 0 Å². The van der Waals surface area contributed by atoms with Crippen LogP contribution < -0.4 is 4.90 Å². The van der Waals surface area contributed by atoms with Gasteiger partial charge in [0.2, 0.25) is 0 Å². The predicted octanol–water partition coefficient (Wildman–Crippen LogP) is 7.07. The van der Waals surface area contributed by atoms with E-state index in [4.69, 9.17) is 0 Å². The molecule has 2 N–H and O–H groups in total. The minimum atomic E-state index is -1.68. The highest BCUT2D eigenvalue weighted by atomic mass is 127. The lowest BCUT2D eigenvalue weighted by atomic mass is 9.64. The van der Waals surface area contributed by atoms with Gasteiger partial charge in [-0.1, -0.05) is 110 Å². The lowest BCUT2D eigenvalue weighted by Gasteiger charge is -2.53. The molecule has 3 atom stereocenters. The second-order valence-electron chi connectivity index (χ2n) is 10.7. The molecule has 0 amide bonds. The van der Waals surface area contributed by atoms with E-state index in [0.29, 0.717) is 6.54 Å². The van der Waals surface area contributed by atoms with Crippen LogP contribution in [-0.4, -0.2) is 38.7 Å². The number of hydrogen-bond acceptors (Lipinski definition) is 3. The molecule has 0 saturated heterocycles. The van der Waals surface area contributed by atoms with Crippen LogP contribution in [-0.2, 0) is 9.59 Å². The minimum Gasteiger partial charge on any atom is -0.481 e. The Labute approximate surface area is 232 Å². The van der Waals surface area contributed by atoms with Gasteiger partial charge in [-0.2, -0.15) is 0 Å². The third kappa shape index (κ3) is 4.43. The number of alkyl halides is 1. The van der Waals surface area contributed by atoms with E-state index in [9.17, 15) is 19.8 Å². The fraction of sp³-hybridized carbons (Fsp3) is 0.355. The second kappa shape index (κ2) is 10.5. The molecule has 2 unspecified atom stereocenters. The molecule has 0 radical (unpaired) electrons. The number of carbonyl (C=O) groups is 2. The van der Waals surface area contributed by atoms with E-state index < -0.39 is 28.8 Å². The molecular weight excluding hydrogens is 577 g/mol. The average molecular weight is 612 g/mol. The van der Waals surface area contributed by atoms with Gasteiger partial charge in [0, 0.05) is 22.6 Å². The standard InChI is InChI=1S/C31H34INO4/c1-20(28(34)35)31(29(36)37,30(2,3)4)33(19-11-18-32)25-17-10-16-24-22-14-8-9-15-23(22)26(27(24)25)21-12-6-5-7-13-21/h5-10,12-17,20,26H,11,18-19H2,1-4H3,(H,34,35)(H,36,37)/t20?,26?,31-/m1/s1. The number of hydrogen-bond donors (Lipinski definition) is 2. The Bertz CT molecular complexity index is 1300. The topological polar surface area (TPSA) is 77.8 Å². The SMILES string of the molecule is CC(C(=O)O)[C@](C(=O)O)(N(CCCI)c1cccc2c1C(c1ccccc1)c1ccccc1-2)C(C)(C)C. The molecule has 4 rings (SSSR count). The third-order valence-corrected chi connectivity index (χ3v) is 8.53. The van der Waals surface area contributed by atoms with Gasteiger partial charge in [0.25, 0.3) is 0 Å². The Morgan fingerprint density at radius 2 is 1.54 bits per heavy atom. The van der Waals surface area contributed by atoms with Crippen LogP contribution in [0.3, 0.4) is 0 Å². The number of carboxylic acids is 2. The summed E-state index contributed by atoms with van der Waals surface area (Å²) in [5, 5.41) is 21.1. The zero-order chi connectivity index (χ0) is 27.0. The molecule has 37 heavy (non-hydrogen) atoms. The molecule has 0 bridgehead atoms. The van der Waals surface area contributed by atoms with Crippen LogP contribution in [0.15, 0.2) is 72.8 Å². The van der Waals surface area contributed by atoms with Crippen molar-refractivity contribution in [3.63, 3.8) is 0 Å². The Balaban J connectivity index is 2.08. The highest BCUT2D eigenvalue weighted by Gasteiger charge is 2.60. The number of rotatable bonds is 9. The molecule has 0 fully saturated rings. The summed E-state index contributed by atoms with van der Waals surface area (Å²) in [5.74, 6) is -3.48. The molecule has 1 aliphatic rings. The van der Waals surface area contributed by atoms with Crippen molar-refractivity contribution in [1.82, 2.24) is 0 Å². The fourth-order valence-corrected chi connectivity index (χ4v) is 6.60. The molecule has 3 aromatic rings.